The van der Waals surface area contributed by atoms with E-state index in [0.29, 0.717) is 16.3 Å². The molecular weight excluding hydrogens is 434 g/mol. The first-order valence-corrected chi connectivity index (χ1v) is 11.0. The number of sulfone groups is 1. The first-order valence-electron chi connectivity index (χ1n) is 8.92. The number of nitrogens with one attached hydrogen (secondary N) is 1. The molecule has 10 heteroatoms. The number of benzene rings is 2. The minimum Gasteiger partial charge on any atom is -0.462 e. The lowest BCUT2D eigenvalue weighted by Gasteiger charge is -2.08. The smallest absolute Gasteiger partial charge is 0.338 e. The Hall–Kier alpha value is -2.91. The molecular formula is C20H20ClNO7S. The Bertz CT molecular complexity index is 1000. The molecule has 2 aromatic carbocycles. The fourth-order valence-electron chi connectivity index (χ4n) is 2.30. The second kappa shape index (κ2) is 10.7. The van der Waals surface area contributed by atoms with Crippen LogP contribution in [0, 0.1) is 0 Å². The van der Waals surface area contributed by atoms with Crippen LogP contribution in [-0.4, -0.2) is 45.2 Å². The molecule has 0 aliphatic rings. The van der Waals surface area contributed by atoms with Gasteiger partial charge in [0.15, 0.2) is 16.4 Å². The van der Waals surface area contributed by atoms with Crippen LogP contribution in [0.15, 0.2) is 53.4 Å². The molecule has 8 nitrogen and oxygen atoms in total. The molecule has 0 radical (unpaired) electrons. The van der Waals surface area contributed by atoms with E-state index in [2.05, 4.69) is 5.32 Å². The standard InChI is InChI=1S/C20H20ClNO7S/c1-2-28-20(25)14-3-7-16(8-4-14)22-18(23)13-29-19(24)11-12-30(26,27)17-9-5-15(21)6-10-17/h3-10H,2,11-13H2,1H3,(H,22,23). The van der Waals surface area contributed by atoms with Gasteiger partial charge in [0, 0.05) is 10.7 Å². The van der Waals surface area contributed by atoms with E-state index in [-0.39, 0.29) is 11.5 Å². The maximum absolute atomic E-state index is 12.2. The number of amides is 1. The lowest BCUT2D eigenvalue weighted by atomic mass is 10.2. The van der Waals surface area contributed by atoms with Crippen molar-refractivity contribution in [2.24, 2.45) is 0 Å². The van der Waals surface area contributed by atoms with E-state index in [4.69, 9.17) is 21.1 Å². The molecule has 2 rings (SSSR count). The van der Waals surface area contributed by atoms with E-state index < -0.39 is 46.5 Å². The summed E-state index contributed by atoms with van der Waals surface area (Å²) in [4.78, 5) is 35.3. The Morgan fingerprint density at radius 1 is 0.967 bits per heavy atom. The van der Waals surface area contributed by atoms with Gasteiger partial charge in [-0.1, -0.05) is 11.6 Å². The molecule has 0 aliphatic heterocycles. The summed E-state index contributed by atoms with van der Waals surface area (Å²) in [6.45, 7) is 1.38. The lowest BCUT2D eigenvalue weighted by molar-refractivity contribution is -0.146. The number of carbonyl (C=O) groups excluding carboxylic acids is 3. The first-order chi connectivity index (χ1) is 14.2. The van der Waals surface area contributed by atoms with Gasteiger partial charge in [0.25, 0.3) is 5.91 Å². The van der Waals surface area contributed by atoms with Crippen molar-refractivity contribution in [3.8, 4) is 0 Å². The predicted octanol–water partition coefficient (Wildman–Crippen LogP) is 2.86. The Morgan fingerprint density at radius 2 is 1.60 bits per heavy atom. The van der Waals surface area contributed by atoms with Crippen LogP contribution in [0.2, 0.25) is 5.02 Å². The van der Waals surface area contributed by atoms with Crippen molar-refractivity contribution in [1.29, 1.82) is 0 Å². The maximum atomic E-state index is 12.2. The Labute approximate surface area is 179 Å². The zero-order chi connectivity index (χ0) is 22.1. The summed E-state index contributed by atoms with van der Waals surface area (Å²) < 4.78 is 34.0. The summed E-state index contributed by atoms with van der Waals surface area (Å²) in [5.74, 6) is -2.35. The molecule has 0 atom stereocenters. The molecule has 0 aliphatic carbocycles. The highest BCUT2D eigenvalue weighted by atomic mass is 35.5. The molecule has 30 heavy (non-hydrogen) atoms. The lowest BCUT2D eigenvalue weighted by Crippen LogP contribution is -2.22. The normalized spacial score (nSPS) is 10.9. The van der Waals surface area contributed by atoms with Crippen molar-refractivity contribution < 1.29 is 32.3 Å². The van der Waals surface area contributed by atoms with Gasteiger partial charge in [-0.05, 0) is 55.5 Å². The van der Waals surface area contributed by atoms with Gasteiger partial charge in [0.2, 0.25) is 0 Å². The summed E-state index contributed by atoms with van der Waals surface area (Å²) in [6, 6.07) is 11.6. The Morgan fingerprint density at radius 3 is 2.20 bits per heavy atom. The van der Waals surface area contributed by atoms with E-state index in [1.165, 1.54) is 48.5 Å². The third-order valence-electron chi connectivity index (χ3n) is 3.79. The summed E-state index contributed by atoms with van der Waals surface area (Å²) in [5, 5.41) is 2.90. The van der Waals surface area contributed by atoms with Gasteiger partial charge >= 0.3 is 11.9 Å². The number of esters is 2. The fourth-order valence-corrected chi connectivity index (χ4v) is 3.64. The molecule has 0 saturated carbocycles. The molecule has 0 fully saturated rings. The summed E-state index contributed by atoms with van der Waals surface area (Å²) in [6.07, 6.45) is -0.396. The molecule has 2 aromatic rings. The van der Waals surface area contributed by atoms with Gasteiger partial charge in [0.1, 0.15) is 0 Å². The quantitative estimate of drug-likeness (QED) is 0.580. The van der Waals surface area contributed by atoms with Crippen LogP contribution in [0.1, 0.15) is 23.7 Å². The Kier molecular flexibility index (Phi) is 8.37. The number of rotatable bonds is 9. The van der Waals surface area contributed by atoms with Crippen molar-refractivity contribution in [1.82, 2.24) is 0 Å². The predicted molar refractivity (Wildman–Crippen MR) is 110 cm³/mol. The van der Waals surface area contributed by atoms with Gasteiger partial charge in [-0.2, -0.15) is 0 Å². The van der Waals surface area contributed by atoms with Gasteiger partial charge < -0.3 is 14.8 Å². The number of ether oxygens (including phenoxy) is 2. The summed E-state index contributed by atoms with van der Waals surface area (Å²) >= 11 is 5.73. The molecule has 0 heterocycles. The number of anilines is 1. The third kappa shape index (κ3) is 7.16. The van der Waals surface area contributed by atoms with Crippen LogP contribution >= 0.6 is 11.6 Å². The zero-order valence-corrected chi connectivity index (χ0v) is 17.7. The number of carbonyl (C=O) groups is 3. The van der Waals surface area contributed by atoms with E-state index in [1.54, 1.807) is 6.92 Å². The monoisotopic (exact) mass is 453 g/mol. The molecule has 0 aromatic heterocycles. The average molecular weight is 454 g/mol. The number of halogens is 1. The average Bonchev–Trinajstić information content (AvgIpc) is 2.72. The van der Waals surface area contributed by atoms with E-state index in [1.807, 2.05) is 0 Å². The second-order valence-corrected chi connectivity index (χ2v) is 8.58. The maximum Gasteiger partial charge on any atom is 0.338 e. The molecule has 160 valence electrons. The number of hydrogen-bond donors (Lipinski definition) is 1. The topological polar surface area (TPSA) is 116 Å². The van der Waals surface area contributed by atoms with Crippen LogP contribution in [0.5, 0.6) is 0 Å². The zero-order valence-electron chi connectivity index (χ0n) is 16.1. The summed E-state index contributed by atoms with van der Waals surface area (Å²) in [5.41, 5.74) is 0.734. The van der Waals surface area contributed by atoms with Gasteiger partial charge in [-0.15, -0.1) is 0 Å². The van der Waals surface area contributed by atoms with Gasteiger partial charge in [-0.3, -0.25) is 9.59 Å². The van der Waals surface area contributed by atoms with Gasteiger partial charge in [0.05, 0.1) is 29.2 Å². The van der Waals surface area contributed by atoms with Crippen molar-refractivity contribution in [3.05, 3.63) is 59.1 Å². The van der Waals surface area contributed by atoms with Crippen LogP contribution in [0.3, 0.4) is 0 Å². The fraction of sp³-hybridized carbons (Fsp3) is 0.250. The highest BCUT2D eigenvalue weighted by molar-refractivity contribution is 7.91. The minimum absolute atomic E-state index is 0.0451. The van der Waals surface area contributed by atoms with Crippen LogP contribution in [0.25, 0.3) is 0 Å². The minimum atomic E-state index is -3.67. The molecule has 1 N–H and O–H groups in total. The number of hydrogen-bond acceptors (Lipinski definition) is 7. The molecule has 0 unspecified atom stereocenters. The molecule has 0 spiro atoms. The van der Waals surface area contributed by atoms with Crippen LogP contribution in [0.4, 0.5) is 5.69 Å². The first kappa shape index (κ1) is 23.4. The van der Waals surface area contributed by atoms with Crippen LogP contribution in [-0.2, 0) is 28.9 Å². The Balaban J connectivity index is 1.78. The highest BCUT2D eigenvalue weighted by Gasteiger charge is 2.18. The molecule has 0 saturated heterocycles. The van der Waals surface area contributed by atoms with Crippen molar-refractivity contribution in [3.63, 3.8) is 0 Å². The van der Waals surface area contributed by atoms with Crippen molar-refractivity contribution in [2.45, 2.75) is 18.2 Å². The third-order valence-corrected chi connectivity index (χ3v) is 5.78. The van der Waals surface area contributed by atoms with Crippen LogP contribution < -0.4 is 5.32 Å². The second-order valence-electron chi connectivity index (χ2n) is 6.03. The van der Waals surface area contributed by atoms with E-state index in [9.17, 15) is 22.8 Å². The summed E-state index contributed by atoms with van der Waals surface area (Å²) in [7, 11) is -3.67. The van der Waals surface area contributed by atoms with E-state index in [0.717, 1.165) is 0 Å². The molecule has 0 bridgehead atoms. The highest BCUT2D eigenvalue weighted by Crippen LogP contribution is 2.16. The van der Waals surface area contributed by atoms with Crippen molar-refractivity contribution in [2.75, 3.05) is 24.3 Å². The van der Waals surface area contributed by atoms with Gasteiger partial charge in [-0.25, -0.2) is 13.2 Å². The van der Waals surface area contributed by atoms with Crippen molar-refractivity contribution >= 4 is 45.0 Å². The SMILES string of the molecule is CCOC(=O)c1ccc(NC(=O)COC(=O)CCS(=O)(=O)c2ccc(Cl)cc2)cc1. The molecule has 1 amide bonds. The largest absolute Gasteiger partial charge is 0.462 e. The van der Waals surface area contributed by atoms with E-state index >= 15 is 0 Å².